The van der Waals surface area contributed by atoms with Crippen molar-refractivity contribution in [2.45, 2.75) is 12.3 Å². The quantitative estimate of drug-likeness (QED) is 0.767. The Hall–Kier alpha value is -1.64. The van der Waals surface area contributed by atoms with Gasteiger partial charge in [-0.1, -0.05) is 54.6 Å². The van der Waals surface area contributed by atoms with E-state index in [1.54, 1.807) is 0 Å². The summed E-state index contributed by atoms with van der Waals surface area (Å²) in [5, 5.41) is 0. The molecular weight excluding hydrogens is 237 g/mol. The smallest absolute Gasteiger partial charge is 0.146 e. The van der Waals surface area contributed by atoms with Crippen molar-refractivity contribution in [2.75, 3.05) is 20.0 Å². The topological polar surface area (TPSA) is 18.5 Å². The predicted molar refractivity (Wildman–Crippen MR) is 75.2 cm³/mol. The highest BCUT2D eigenvalue weighted by Crippen LogP contribution is 2.36. The molecule has 0 aliphatic carbocycles. The number of aryl methyl sites for hydroxylation is 1. The molecule has 0 saturated carbocycles. The van der Waals surface area contributed by atoms with Gasteiger partial charge in [0.25, 0.3) is 0 Å². The molecule has 2 heteroatoms. The third kappa shape index (κ3) is 2.18. The molecular formula is C17H18O2. The fourth-order valence-corrected chi connectivity index (χ4v) is 2.88. The summed E-state index contributed by atoms with van der Waals surface area (Å²) in [5.41, 5.74) is 3.63. The van der Waals surface area contributed by atoms with Crippen molar-refractivity contribution in [1.29, 1.82) is 0 Å². The van der Waals surface area contributed by atoms with E-state index in [0.717, 1.165) is 0 Å². The molecule has 2 aromatic carbocycles. The molecule has 0 unspecified atom stereocenters. The number of hydrogen-bond donors (Lipinski definition) is 0. The highest BCUT2D eigenvalue weighted by molar-refractivity contribution is 5.44. The molecule has 1 fully saturated rings. The van der Waals surface area contributed by atoms with Gasteiger partial charge in [0.05, 0.1) is 18.6 Å². The van der Waals surface area contributed by atoms with Gasteiger partial charge in [-0.2, -0.15) is 0 Å². The summed E-state index contributed by atoms with van der Waals surface area (Å²) in [6, 6.07) is 19.0. The van der Waals surface area contributed by atoms with Crippen molar-refractivity contribution < 1.29 is 9.47 Å². The van der Waals surface area contributed by atoms with Gasteiger partial charge >= 0.3 is 0 Å². The zero-order chi connectivity index (χ0) is 13.1. The van der Waals surface area contributed by atoms with Crippen molar-refractivity contribution in [3.63, 3.8) is 0 Å². The molecule has 1 aliphatic rings. The standard InChI is InChI=1S/C17H18O2/c1-14-7-5-6-10-16(14)17(11-18-13-19-12-17)15-8-3-2-4-9-15/h2-10H,11-13H2,1H3/i13+1. The molecule has 1 aliphatic heterocycles. The summed E-state index contributed by atoms with van der Waals surface area (Å²) in [6.45, 7) is 3.87. The van der Waals surface area contributed by atoms with Crippen molar-refractivity contribution in [3.05, 3.63) is 71.3 Å². The van der Waals surface area contributed by atoms with Gasteiger partial charge in [0.15, 0.2) is 0 Å². The molecule has 0 amide bonds. The Labute approximate surface area is 114 Å². The molecule has 3 rings (SSSR count). The Morgan fingerprint density at radius 2 is 1.47 bits per heavy atom. The lowest BCUT2D eigenvalue weighted by Crippen LogP contribution is -2.43. The lowest BCUT2D eigenvalue weighted by atomic mass is 9.74. The summed E-state index contributed by atoms with van der Waals surface area (Å²) in [6.07, 6.45) is 0. The molecule has 0 atom stereocenters. The van der Waals surface area contributed by atoms with E-state index < -0.39 is 0 Å². The van der Waals surface area contributed by atoms with Crippen LogP contribution in [0.5, 0.6) is 0 Å². The van der Waals surface area contributed by atoms with Crippen LogP contribution in [0.2, 0.25) is 0 Å². The number of benzene rings is 2. The van der Waals surface area contributed by atoms with Crippen LogP contribution in [-0.2, 0) is 14.9 Å². The minimum atomic E-state index is -0.190. The average Bonchev–Trinajstić information content (AvgIpc) is 2.49. The van der Waals surface area contributed by atoms with Gasteiger partial charge < -0.3 is 9.47 Å². The zero-order valence-corrected chi connectivity index (χ0v) is 11.1. The molecule has 0 bridgehead atoms. The van der Waals surface area contributed by atoms with Crippen LogP contribution in [0, 0.1) is 6.92 Å². The third-order valence-corrected chi connectivity index (χ3v) is 3.85. The largest absolute Gasteiger partial charge is 0.354 e. The highest BCUT2D eigenvalue weighted by atomic mass is 16.8. The third-order valence-electron chi connectivity index (χ3n) is 3.85. The van der Waals surface area contributed by atoms with E-state index in [2.05, 4.69) is 55.5 Å². The van der Waals surface area contributed by atoms with Crippen LogP contribution in [0.25, 0.3) is 0 Å². The normalized spacial score (nSPS) is 18.2. The molecule has 1 heterocycles. The van der Waals surface area contributed by atoms with Crippen LogP contribution < -0.4 is 0 Å². The van der Waals surface area contributed by atoms with Gasteiger partial charge in [0.1, 0.15) is 6.79 Å². The van der Waals surface area contributed by atoms with Gasteiger partial charge in [-0.3, -0.25) is 0 Å². The Balaban J connectivity index is 2.15. The van der Waals surface area contributed by atoms with E-state index in [1.807, 2.05) is 6.07 Å². The van der Waals surface area contributed by atoms with Gasteiger partial charge in [-0.15, -0.1) is 0 Å². The van der Waals surface area contributed by atoms with Crippen LogP contribution in [0.3, 0.4) is 0 Å². The molecule has 2 nitrogen and oxygen atoms in total. The molecule has 0 spiro atoms. The summed E-state index contributed by atoms with van der Waals surface area (Å²) < 4.78 is 11.3. The Bertz CT molecular complexity index is 542. The number of ether oxygens (including phenoxy) is 2. The lowest BCUT2D eigenvalue weighted by Gasteiger charge is -2.38. The molecule has 0 aromatic heterocycles. The monoisotopic (exact) mass is 255 g/mol. The van der Waals surface area contributed by atoms with Gasteiger partial charge in [0.2, 0.25) is 0 Å². The van der Waals surface area contributed by atoms with Crippen LogP contribution in [0.15, 0.2) is 54.6 Å². The first kappa shape index (κ1) is 12.4. The summed E-state index contributed by atoms with van der Waals surface area (Å²) in [5.74, 6) is 0. The SMILES string of the molecule is Cc1ccccc1C1(c2ccccc2)CO[13CH2]OC1. The Morgan fingerprint density at radius 1 is 0.842 bits per heavy atom. The Kier molecular flexibility index (Phi) is 3.36. The van der Waals surface area contributed by atoms with E-state index in [9.17, 15) is 0 Å². The van der Waals surface area contributed by atoms with Gasteiger partial charge in [-0.25, -0.2) is 0 Å². The van der Waals surface area contributed by atoms with E-state index >= 15 is 0 Å². The van der Waals surface area contributed by atoms with E-state index in [0.29, 0.717) is 20.0 Å². The maximum Gasteiger partial charge on any atom is 0.146 e. The fraction of sp³-hybridized carbons (Fsp3) is 0.294. The second kappa shape index (κ2) is 5.16. The first-order valence-corrected chi connectivity index (χ1v) is 6.60. The molecule has 98 valence electrons. The number of hydrogen-bond acceptors (Lipinski definition) is 2. The fourth-order valence-electron chi connectivity index (χ4n) is 2.88. The molecule has 1 saturated heterocycles. The van der Waals surface area contributed by atoms with Crippen molar-refractivity contribution in [2.24, 2.45) is 0 Å². The molecule has 19 heavy (non-hydrogen) atoms. The van der Waals surface area contributed by atoms with Crippen LogP contribution in [0.1, 0.15) is 16.7 Å². The van der Waals surface area contributed by atoms with Crippen LogP contribution in [0.4, 0.5) is 0 Å². The molecule has 0 N–H and O–H groups in total. The molecule has 2 aromatic rings. The van der Waals surface area contributed by atoms with Gasteiger partial charge in [0, 0.05) is 0 Å². The minimum Gasteiger partial charge on any atom is -0.354 e. The second-order valence-corrected chi connectivity index (χ2v) is 5.08. The first-order valence-electron chi connectivity index (χ1n) is 6.60. The van der Waals surface area contributed by atoms with Crippen molar-refractivity contribution in [3.8, 4) is 0 Å². The van der Waals surface area contributed by atoms with Crippen LogP contribution >= 0.6 is 0 Å². The maximum absolute atomic E-state index is 5.63. The second-order valence-electron chi connectivity index (χ2n) is 5.08. The van der Waals surface area contributed by atoms with E-state index in [1.165, 1.54) is 16.7 Å². The first-order chi connectivity index (χ1) is 9.33. The lowest BCUT2D eigenvalue weighted by molar-refractivity contribution is -0.128. The summed E-state index contributed by atoms with van der Waals surface area (Å²) >= 11 is 0. The van der Waals surface area contributed by atoms with E-state index in [4.69, 9.17) is 9.47 Å². The van der Waals surface area contributed by atoms with Crippen molar-refractivity contribution >= 4 is 0 Å². The number of rotatable bonds is 2. The highest BCUT2D eigenvalue weighted by Gasteiger charge is 2.38. The van der Waals surface area contributed by atoms with Crippen molar-refractivity contribution in [1.82, 2.24) is 0 Å². The van der Waals surface area contributed by atoms with E-state index in [-0.39, 0.29) is 5.41 Å². The molecule has 0 radical (unpaired) electrons. The summed E-state index contributed by atoms with van der Waals surface area (Å²) in [7, 11) is 0. The summed E-state index contributed by atoms with van der Waals surface area (Å²) in [4.78, 5) is 0. The minimum absolute atomic E-state index is 0.190. The zero-order valence-electron chi connectivity index (χ0n) is 11.1. The van der Waals surface area contributed by atoms with Gasteiger partial charge in [-0.05, 0) is 23.6 Å². The average molecular weight is 255 g/mol. The Morgan fingerprint density at radius 3 is 2.16 bits per heavy atom. The maximum atomic E-state index is 5.63. The predicted octanol–water partition coefficient (Wildman–Crippen LogP) is 3.29. The van der Waals surface area contributed by atoms with Crippen LogP contribution in [-0.4, -0.2) is 20.0 Å².